The van der Waals surface area contributed by atoms with Crippen molar-refractivity contribution in [1.82, 2.24) is 19.9 Å². The Morgan fingerprint density at radius 3 is 2.66 bits per heavy atom. The summed E-state index contributed by atoms with van der Waals surface area (Å²) >= 11 is 1.31. The summed E-state index contributed by atoms with van der Waals surface area (Å²) in [5, 5.41) is 4.26. The third-order valence-electron chi connectivity index (χ3n) is 4.01. The second-order valence-corrected chi connectivity index (χ2v) is 6.69. The third kappa shape index (κ3) is 4.16. The van der Waals surface area contributed by atoms with Crippen LogP contribution < -0.4 is 5.32 Å². The van der Waals surface area contributed by atoms with Crippen LogP contribution in [0, 0.1) is 0 Å². The predicted molar refractivity (Wildman–Crippen MR) is 102 cm³/mol. The molecular weight excluding hydrogens is 403 g/mol. The van der Waals surface area contributed by atoms with Crippen LogP contribution in [0.5, 0.6) is 0 Å². The van der Waals surface area contributed by atoms with Gasteiger partial charge >= 0.3 is 6.18 Å². The van der Waals surface area contributed by atoms with Crippen LogP contribution in [0.2, 0.25) is 0 Å². The molecule has 4 rings (SSSR count). The van der Waals surface area contributed by atoms with E-state index in [2.05, 4.69) is 25.3 Å². The van der Waals surface area contributed by atoms with Crippen LogP contribution in [0.1, 0.15) is 16.1 Å². The molecule has 3 heterocycles. The summed E-state index contributed by atoms with van der Waals surface area (Å²) in [5.74, 6) is 0.297. The van der Waals surface area contributed by atoms with Crippen molar-refractivity contribution in [3.8, 4) is 22.6 Å². The zero-order chi connectivity index (χ0) is 20.4. The maximum atomic E-state index is 12.9. The van der Waals surface area contributed by atoms with E-state index in [1.165, 1.54) is 23.6 Å². The van der Waals surface area contributed by atoms with Gasteiger partial charge < -0.3 is 10.3 Å². The van der Waals surface area contributed by atoms with Crippen LogP contribution >= 0.6 is 11.3 Å². The van der Waals surface area contributed by atoms with Crippen molar-refractivity contribution in [2.45, 2.75) is 6.18 Å². The number of aromatic amines is 1. The summed E-state index contributed by atoms with van der Waals surface area (Å²) in [7, 11) is 0. The third-order valence-corrected chi connectivity index (χ3v) is 4.59. The van der Waals surface area contributed by atoms with Crippen molar-refractivity contribution in [2.24, 2.45) is 0 Å². The number of nitrogens with one attached hydrogen (secondary N) is 2. The van der Waals surface area contributed by atoms with Gasteiger partial charge in [0.2, 0.25) is 0 Å². The minimum absolute atomic E-state index is 0.305. The standard InChI is InChI=1S/C19H12F3N5OS/c20-19(21,22)13-3-1-2-11(6-13)17-24-8-14(26-17)12-4-5-16(23-7-12)27-18(28)15-9-29-10-25-15/h1-10H,(H,24,26)(H,23,27,28). The lowest BCUT2D eigenvalue weighted by Crippen LogP contribution is -2.13. The molecule has 0 aliphatic carbocycles. The highest BCUT2D eigenvalue weighted by atomic mass is 32.1. The van der Waals surface area contributed by atoms with Crippen LogP contribution in [0.25, 0.3) is 22.6 Å². The number of carbonyl (C=O) groups is 1. The summed E-state index contributed by atoms with van der Waals surface area (Å²) in [6, 6.07) is 8.25. The fraction of sp³-hybridized carbons (Fsp3) is 0.0526. The smallest absolute Gasteiger partial charge is 0.344 e. The molecule has 0 saturated carbocycles. The molecule has 0 aliphatic rings. The number of halogens is 3. The molecule has 2 N–H and O–H groups in total. The van der Waals surface area contributed by atoms with E-state index in [9.17, 15) is 18.0 Å². The van der Waals surface area contributed by atoms with Gasteiger partial charge in [-0.15, -0.1) is 11.3 Å². The van der Waals surface area contributed by atoms with E-state index in [0.29, 0.717) is 34.2 Å². The summed E-state index contributed by atoms with van der Waals surface area (Å²) in [6.07, 6.45) is -1.32. The van der Waals surface area contributed by atoms with Crippen molar-refractivity contribution in [1.29, 1.82) is 0 Å². The number of amides is 1. The average Bonchev–Trinajstić information content (AvgIpc) is 3.40. The zero-order valence-corrected chi connectivity index (χ0v) is 15.4. The number of imidazole rings is 1. The van der Waals surface area contributed by atoms with E-state index in [1.807, 2.05) is 0 Å². The molecule has 0 saturated heterocycles. The van der Waals surface area contributed by atoms with Gasteiger partial charge in [0.1, 0.15) is 17.3 Å². The largest absolute Gasteiger partial charge is 0.416 e. The minimum atomic E-state index is -4.42. The van der Waals surface area contributed by atoms with E-state index >= 15 is 0 Å². The van der Waals surface area contributed by atoms with Gasteiger partial charge in [0, 0.05) is 28.9 Å². The molecule has 0 radical (unpaired) electrons. The molecule has 29 heavy (non-hydrogen) atoms. The number of H-pyrrole nitrogens is 1. The molecule has 10 heteroatoms. The van der Waals surface area contributed by atoms with Crippen molar-refractivity contribution < 1.29 is 18.0 Å². The maximum absolute atomic E-state index is 12.9. The molecule has 4 aromatic rings. The quantitative estimate of drug-likeness (QED) is 0.498. The normalized spacial score (nSPS) is 11.4. The summed E-state index contributed by atoms with van der Waals surface area (Å²) < 4.78 is 38.7. The summed E-state index contributed by atoms with van der Waals surface area (Å²) in [6.45, 7) is 0. The van der Waals surface area contributed by atoms with Gasteiger partial charge in [-0.1, -0.05) is 12.1 Å². The second-order valence-electron chi connectivity index (χ2n) is 5.97. The van der Waals surface area contributed by atoms with Crippen LogP contribution in [0.3, 0.4) is 0 Å². The Bertz CT molecular complexity index is 1140. The first kappa shape index (κ1) is 18.8. The highest BCUT2D eigenvalue weighted by molar-refractivity contribution is 7.07. The lowest BCUT2D eigenvalue weighted by molar-refractivity contribution is -0.137. The first-order valence-corrected chi connectivity index (χ1v) is 9.23. The Hall–Kier alpha value is -3.53. The molecule has 0 fully saturated rings. The topological polar surface area (TPSA) is 83.6 Å². The highest BCUT2D eigenvalue weighted by Gasteiger charge is 2.30. The number of pyridine rings is 1. The number of hydrogen-bond donors (Lipinski definition) is 2. The monoisotopic (exact) mass is 415 g/mol. The number of benzene rings is 1. The van der Waals surface area contributed by atoms with E-state index in [0.717, 1.165) is 12.1 Å². The summed E-state index contributed by atoms with van der Waals surface area (Å²) in [5.41, 5.74) is 2.61. The van der Waals surface area contributed by atoms with Gasteiger partial charge in [0.15, 0.2) is 0 Å². The number of hydrogen-bond acceptors (Lipinski definition) is 5. The Morgan fingerprint density at radius 1 is 1.10 bits per heavy atom. The molecule has 146 valence electrons. The fourth-order valence-corrected chi connectivity index (χ4v) is 3.12. The second kappa shape index (κ2) is 7.47. The van der Waals surface area contributed by atoms with Gasteiger partial charge in [-0.2, -0.15) is 13.2 Å². The first-order chi connectivity index (χ1) is 13.9. The van der Waals surface area contributed by atoms with Gasteiger partial charge in [-0.05, 0) is 24.3 Å². The molecule has 3 aromatic heterocycles. The number of thiazole rings is 1. The zero-order valence-electron chi connectivity index (χ0n) is 14.6. The molecule has 0 spiro atoms. The number of rotatable bonds is 4. The first-order valence-electron chi connectivity index (χ1n) is 8.29. The Kier molecular flexibility index (Phi) is 4.85. The molecule has 1 aromatic carbocycles. The number of aromatic nitrogens is 4. The number of alkyl halides is 3. The van der Waals surface area contributed by atoms with Crippen molar-refractivity contribution in [3.63, 3.8) is 0 Å². The van der Waals surface area contributed by atoms with Gasteiger partial charge in [-0.25, -0.2) is 15.0 Å². The highest BCUT2D eigenvalue weighted by Crippen LogP contribution is 2.32. The van der Waals surface area contributed by atoms with Crippen molar-refractivity contribution in [2.75, 3.05) is 5.32 Å². The van der Waals surface area contributed by atoms with Gasteiger partial charge in [-0.3, -0.25) is 4.79 Å². The number of nitrogens with zero attached hydrogens (tertiary/aromatic N) is 3. The maximum Gasteiger partial charge on any atom is 0.416 e. The Morgan fingerprint density at radius 2 is 1.97 bits per heavy atom. The number of anilines is 1. The fourth-order valence-electron chi connectivity index (χ4n) is 2.58. The molecule has 0 unspecified atom stereocenters. The lowest BCUT2D eigenvalue weighted by Gasteiger charge is -2.07. The lowest BCUT2D eigenvalue weighted by atomic mass is 10.1. The molecule has 0 aliphatic heterocycles. The predicted octanol–water partition coefficient (Wildman–Crippen LogP) is 4.87. The molecular formula is C19H12F3N5OS. The van der Waals surface area contributed by atoms with E-state index < -0.39 is 11.7 Å². The van der Waals surface area contributed by atoms with Crippen LogP contribution in [-0.2, 0) is 6.18 Å². The molecule has 0 bridgehead atoms. The van der Waals surface area contributed by atoms with E-state index in [-0.39, 0.29) is 5.91 Å². The van der Waals surface area contributed by atoms with Gasteiger partial charge in [0.25, 0.3) is 5.91 Å². The molecule has 1 amide bonds. The van der Waals surface area contributed by atoms with Crippen LogP contribution in [-0.4, -0.2) is 25.8 Å². The van der Waals surface area contributed by atoms with E-state index in [4.69, 9.17) is 0 Å². The Balaban J connectivity index is 1.52. The van der Waals surface area contributed by atoms with Crippen LogP contribution in [0.4, 0.5) is 19.0 Å². The number of carbonyl (C=O) groups excluding carboxylic acids is 1. The summed E-state index contributed by atoms with van der Waals surface area (Å²) in [4.78, 5) is 27.3. The van der Waals surface area contributed by atoms with Gasteiger partial charge in [0.05, 0.1) is 16.8 Å². The van der Waals surface area contributed by atoms with Crippen molar-refractivity contribution in [3.05, 3.63) is 70.9 Å². The van der Waals surface area contributed by atoms with Crippen LogP contribution in [0.15, 0.2) is 59.7 Å². The molecule has 6 nitrogen and oxygen atoms in total. The minimum Gasteiger partial charge on any atom is -0.344 e. The molecule has 0 atom stereocenters. The SMILES string of the molecule is O=C(Nc1ccc(-c2c[nH]c(-c3cccc(C(F)(F)F)c3)n2)cn1)c1cscn1. The van der Waals surface area contributed by atoms with E-state index in [1.54, 1.807) is 35.3 Å². The Labute approximate surface area is 166 Å². The average molecular weight is 415 g/mol. The van der Waals surface area contributed by atoms with Crippen molar-refractivity contribution >= 4 is 23.1 Å².